The van der Waals surface area contributed by atoms with Crippen molar-refractivity contribution in [1.82, 2.24) is 4.90 Å². The summed E-state index contributed by atoms with van der Waals surface area (Å²) in [7, 11) is -1.50. The van der Waals surface area contributed by atoms with Crippen LogP contribution in [-0.4, -0.2) is 61.5 Å². The Morgan fingerprint density at radius 1 is 1.41 bits per heavy atom. The number of carbonyl (C=O) groups is 2. The Kier molecular flexibility index (Phi) is 4.70. The quantitative estimate of drug-likeness (QED) is 0.840. The Bertz CT molecular complexity index is 684. The van der Waals surface area contributed by atoms with Crippen molar-refractivity contribution in [1.29, 1.82) is 0 Å². The Balaban J connectivity index is 2.09. The monoisotopic (exact) mass is 327 g/mol. The van der Waals surface area contributed by atoms with E-state index in [1.165, 1.54) is 11.0 Å². The maximum atomic E-state index is 12.4. The van der Waals surface area contributed by atoms with Crippen molar-refractivity contribution in [3.63, 3.8) is 0 Å². The third-order valence-electron chi connectivity index (χ3n) is 3.52. The predicted octanol–water partition coefficient (Wildman–Crippen LogP) is 0.409. The normalized spacial score (nSPS) is 19.6. The van der Waals surface area contributed by atoms with Gasteiger partial charge in [0.25, 0.3) is 5.91 Å². The first-order valence-corrected chi connectivity index (χ1v) is 8.53. The van der Waals surface area contributed by atoms with Crippen LogP contribution in [0.2, 0.25) is 0 Å². The van der Waals surface area contributed by atoms with E-state index < -0.39 is 22.4 Å². The Morgan fingerprint density at radius 3 is 2.73 bits per heavy atom. The molecule has 1 atom stereocenters. The summed E-state index contributed by atoms with van der Waals surface area (Å²) in [6, 6.07) is 5.84. The van der Waals surface area contributed by atoms with Gasteiger partial charge in [-0.3, -0.25) is 4.79 Å². The van der Waals surface area contributed by atoms with Crippen LogP contribution >= 0.6 is 0 Å². The van der Waals surface area contributed by atoms with E-state index in [0.29, 0.717) is 12.0 Å². The minimum absolute atomic E-state index is 0.0234. The second-order valence-corrected chi connectivity index (χ2v) is 7.41. The lowest BCUT2D eigenvalue weighted by atomic mass is 10.1. The van der Waals surface area contributed by atoms with Gasteiger partial charge in [0, 0.05) is 18.7 Å². The van der Waals surface area contributed by atoms with Gasteiger partial charge in [0.1, 0.15) is 5.75 Å². The Labute approximate surface area is 128 Å². The van der Waals surface area contributed by atoms with Crippen molar-refractivity contribution in [2.24, 2.45) is 0 Å². The van der Waals surface area contributed by atoms with Crippen LogP contribution in [0.3, 0.4) is 0 Å². The molecule has 1 aliphatic heterocycles. The standard InChI is InChI=1S/C14H17NO6S/c1-15(11-5-6-22(19,20)9-11)14(18)10-3-2-4-12(7-10)21-8-13(16)17/h2-4,7,11H,5-6,8-9H2,1H3,(H,16,17). The van der Waals surface area contributed by atoms with E-state index in [4.69, 9.17) is 9.84 Å². The SMILES string of the molecule is CN(C(=O)c1cccc(OCC(=O)O)c1)C1CCS(=O)(=O)C1. The molecule has 0 aliphatic carbocycles. The number of amides is 1. The fraction of sp³-hybridized carbons (Fsp3) is 0.429. The van der Waals surface area contributed by atoms with Crippen molar-refractivity contribution in [2.75, 3.05) is 25.2 Å². The van der Waals surface area contributed by atoms with E-state index in [2.05, 4.69) is 0 Å². The average Bonchev–Trinajstić information content (AvgIpc) is 2.84. The zero-order valence-electron chi connectivity index (χ0n) is 12.1. The smallest absolute Gasteiger partial charge is 0.341 e. The molecule has 0 spiro atoms. The summed E-state index contributed by atoms with van der Waals surface area (Å²) in [6.45, 7) is -0.492. The molecule has 2 rings (SSSR count). The molecule has 1 unspecified atom stereocenters. The molecular weight excluding hydrogens is 310 g/mol. The van der Waals surface area contributed by atoms with Crippen LogP contribution in [0.25, 0.3) is 0 Å². The summed E-state index contributed by atoms with van der Waals surface area (Å²) in [5.41, 5.74) is 0.328. The zero-order valence-corrected chi connectivity index (χ0v) is 12.9. The molecule has 7 nitrogen and oxygen atoms in total. The zero-order chi connectivity index (χ0) is 16.3. The molecule has 1 heterocycles. The molecule has 1 saturated heterocycles. The van der Waals surface area contributed by atoms with E-state index in [1.807, 2.05) is 0 Å². The van der Waals surface area contributed by atoms with Gasteiger partial charge in [-0.25, -0.2) is 13.2 Å². The van der Waals surface area contributed by atoms with Gasteiger partial charge in [0.2, 0.25) is 0 Å². The first-order valence-electron chi connectivity index (χ1n) is 6.71. The molecule has 1 aromatic carbocycles. The van der Waals surface area contributed by atoms with E-state index in [0.717, 1.165) is 0 Å². The molecule has 0 saturated carbocycles. The number of ether oxygens (including phenoxy) is 1. The molecule has 1 amide bonds. The molecule has 0 bridgehead atoms. The number of aliphatic carboxylic acids is 1. The lowest BCUT2D eigenvalue weighted by Crippen LogP contribution is -2.37. The highest BCUT2D eigenvalue weighted by atomic mass is 32.2. The minimum Gasteiger partial charge on any atom is -0.482 e. The summed E-state index contributed by atoms with van der Waals surface area (Å²) >= 11 is 0. The Hall–Kier alpha value is -2.09. The summed E-state index contributed by atoms with van der Waals surface area (Å²) in [5.74, 6) is -1.07. The van der Waals surface area contributed by atoms with Crippen LogP contribution in [0.15, 0.2) is 24.3 Å². The highest BCUT2D eigenvalue weighted by Gasteiger charge is 2.33. The highest BCUT2D eigenvalue weighted by Crippen LogP contribution is 2.20. The molecule has 8 heteroatoms. The van der Waals surface area contributed by atoms with Gasteiger partial charge < -0.3 is 14.7 Å². The molecule has 120 valence electrons. The number of rotatable bonds is 5. The number of carboxylic acids is 1. The maximum Gasteiger partial charge on any atom is 0.341 e. The highest BCUT2D eigenvalue weighted by molar-refractivity contribution is 7.91. The van der Waals surface area contributed by atoms with Gasteiger partial charge in [0.15, 0.2) is 16.4 Å². The van der Waals surface area contributed by atoms with Crippen molar-refractivity contribution >= 4 is 21.7 Å². The van der Waals surface area contributed by atoms with Crippen LogP contribution in [0.1, 0.15) is 16.8 Å². The van der Waals surface area contributed by atoms with E-state index in [9.17, 15) is 18.0 Å². The number of carboxylic acid groups (broad SMARTS) is 1. The number of hydrogen-bond donors (Lipinski definition) is 1. The third kappa shape index (κ3) is 3.97. The molecule has 1 N–H and O–H groups in total. The van der Waals surface area contributed by atoms with Crippen molar-refractivity contribution in [3.05, 3.63) is 29.8 Å². The van der Waals surface area contributed by atoms with Gasteiger partial charge in [-0.15, -0.1) is 0 Å². The van der Waals surface area contributed by atoms with Crippen LogP contribution < -0.4 is 4.74 Å². The predicted molar refractivity (Wildman–Crippen MR) is 78.7 cm³/mol. The van der Waals surface area contributed by atoms with Gasteiger partial charge >= 0.3 is 5.97 Å². The molecule has 0 aromatic heterocycles. The van der Waals surface area contributed by atoms with Crippen LogP contribution in [0, 0.1) is 0 Å². The van der Waals surface area contributed by atoms with Gasteiger partial charge in [-0.05, 0) is 24.6 Å². The molecule has 22 heavy (non-hydrogen) atoms. The fourth-order valence-corrected chi connectivity index (χ4v) is 4.09. The second-order valence-electron chi connectivity index (χ2n) is 5.18. The van der Waals surface area contributed by atoms with Gasteiger partial charge in [-0.2, -0.15) is 0 Å². The van der Waals surface area contributed by atoms with Gasteiger partial charge in [-0.1, -0.05) is 6.07 Å². The van der Waals surface area contributed by atoms with Gasteiger partial charge in [0.05, 0.1) is 11.5 Å². The van der Waals surface area contributed by atoms with E-state index in [1.54, 1.807) is 25.2 Å². The average molecular weight is 327 g/mol. The lowest BCUT2D eigenvalue weighted by molar-refractivity contribution is -0.139. The minimum atomic E-state index is -3.07. The third-order valence-corrected chi connectivity index (χ3v) is 5.27. The molecule has 1 fully saturated rings. The Morgan fingerprint density at radius 2 is 2.14 bits per heavy atom. The lowest BCUT2D eigenvalue weighted by Gasteiger charge is -2.23. The first kappa shape index (κ1) is 16.3. The number of nitrogens with zero attached hydrogens (tertiary/aromatic N) is 1. The number of carbonyl (C=O) groups excluding carboxylic acids is 1. The van der Waals surface area contributed by atoms with Crippen molar-refractivity contribution < 1.29 is 27.9 Å². The van der Waals surface area contributed by atoms with Crippen molar-refractivity contribution in [2.45, 2.75) is 12.5 Å². The number of hydrogen-bond acceptors (Lipinski definition) is 5. The van der Waals surface area contributed by atoms with Crippen molar-refractivity contribution in [3.8, 4) is 5.75 Å². The van der Waals surface area contributed by atoms with Crippen LogP contribution in [0.5, 0.6) is 5.75 Å². The number of benzene rings is 1. The summed E-state index contributed by atoms with van der Waals surface area (Å²) < 4.78 is 28.0. The first-order chi connectivity index (χ1) is 10.3. The van der Waals surface area contributed by atoms with Crippen LogP contribution in [-0.2, 0) is 14.6 Å². The fourth-order valence-electron chi connectivity index (χ4n) is 2.31. The summed E-state index contributed by atoms with van der Waals surface area (Å²) in [4.78, 5) is 24.3. The second kappa shape index (κ2) is 6.35. The van der Waals surface area contributed by atoms with E-state index >= 15 is 0 Å². The molecule has 1 aromatic rings. The van der Waals surface area contributed by atoms with Crippen LogP contribution in [0.4, 0.5) is 0 Å². The molecule has 0 radical (unpaired) electrons. The maximum absolute atomic E-state index is 12.4. The molecular formula is C14H17NO6S. The number of sulfone groups is 1. The molecule has 1 aliphatic rings. The topological polar surface area (TPSA) is 101 Å². The van der Waals surface area contributed by atoms with E-state index in [-0.39, 0.29) is 29.2 Å². The summed E-state index contributed by atoms with van der Waals surface area (Å²) in [5, 5.41) is 8.58. The largest absolute Gasteiger partial charge is 0.482 e. The summed E-state index contributed by atoms with van der Waals surface area (Å²) in [6.07, 6.45) is 0.430.